The number of aromatic carboxylic acids is 1. The molecule has 0 spiro atoms. The van der Waals surface area contributed by atoms with E-state index in [9.17, 15) is 4.79 Å². The van der Waals surface area contributed by atoms with Crippen molar-refractivity contribution in [2.75, 3.05) is 7.11 Å². The molecule has 0 saturated heterocycles. The fourth-order valence-electron chi connectivity index (χ4n) is 0.998. The molecule has 1 atom stereocenters. The minimum absolute atomic E-state index is 0.100. The lowest BCUT2D eigenvalue weighted by molar-refractivity contribution is -0.0234. The molecule has 1 aromatic rings. The SMILES string of the molecule is CCC(C)(OC)c1nc(C(=O)O)co1. The molecule has 1 N–H and O–H groups in total. The van der Waals surface area contributed by atoms with Gasteiger partial charge in [0.15, 0.2) is 5.69 Å². The Morgan fingerprint density at radius 3 is 2.79 bits per heavy atom. The first-order chi connectivity index (χ1) is 6.53. The summed E-state index contributed by atoms with van der Waals surface area (Å²) in [5.74, 6) is -0.811. The van der Waals surface area contributed by atoms with Gasteiger partial charge in [-0.05, 0) is 13.3 Å². The van der Waals surface area contributed by atoms with Crippen molar-refractivity contribution in [2.45, 2.75) is 25.9 Å². The number of aromatic nitrogens is 1. The van der Waals surface area contributed by atoms with Crippen molar-refractivity contribution in [1.29, 1.82) is 0 Å². The second-order valence-corrected chi connectivity index (χ2v) is 3.13. The van der Waals surface area contributed by atoms with Crippen molar-refractivity contribution >= 4 is 5.97 Å². The third-order valence-corrected chi connectivity index (χ3v) is 2.30. The van der Waals surface area contributed by atoms with E-state index in [1.807, 2.05) is 6.92 Å². The van der Waals surface area contributed by atoms with Gasteiger partial charge in [-0.1, -0.05) is 6.92 Å². The summed E-state index contributed by atoms with van der Waals surface area (Å²) in [7, 11) is 1.54. The van der Waals surface area contributed by atoms with Gasteiger partial charge in [-0.15, -0.1) is 0 Å². The molecule has 0 saturated carbocycles. The molecule has 0 bridgehead atoms. The van der Waals surface area contributed by atoms with Gasteiger partial charge in [0.1, 0.15) is 11.9 Å². The highest BCUT2D eigenvalue weighted by Crippen LogP contribution is 2.27. The molecule has 0 amide bonds. The fourth-order valence-corrected chi connectivity index (χ4v) is 0.998. The topological polar surface area (TPSA) is 72.6 Å². The van der Waals surface area contributed by atoms with E-state index in [4.69, 9.17) is 14.3 Å². The predicted molar refractivity (Wildman–Crippen MR) is 48.1 cm³/mol. The molecule has 5 nitrogen and oxygen atoms in total. The zero-order chi connectivity index (χ0) is 10.8. The summed E-state index contributed by atoms with van der Waals surface area (Å²) >= 11 is 0. The smallest absolute Gasteiger partial charge is 0.357 e. The molecular weight excluding hydrogens is 186 g/mol. The molecule has 1 unspecified atom stereocenters. The monoisotopic (exact) mass is 199 g/mol. The molecule has 1 aromatic heterocycles. The largest absolute Gasteiger partial charge is 0.476 e. The summed E-state index contributed by atoms with van der Waals surface area (Å²) in [4.78, 5) is 14.4. The van der Waals surface area contributed by atoms with Gasteiger partial charge in [0.2, 0.25) is 5.89 Å². The Balaban J connectivity index is 3.01. The molecule has 1 heterocycles. The first-order valence-electron chi connectivity index (χ1n) is 4.28. The zero-order valence-electron chi connectivity index (χ0n) is 8.40. The molecule has 0 aliphatic rings. The van der Waals surface area contributed by atoms with Crippen LogP contribution in [0.15, 0.2) is 10.7 Å². The highest BCUT2D eigenvalue weighted by Gasteiger charge is 2.30. The first kappa shape index (κ1) is 10.7. The number of ether oxygens (including phenoxy) is 1. The second-order valence-electron chi connectivity index (χ2n) is 3.13. The normalized spacial score (nSPS) is 15.1. The van der Waals surface area contributed by atoms with E-state index in [1.165, 1.54) is 7.11 Å². The number of carboxylic acids is 1. The van der Waals surface area contributed by atoms with Gasteiger partial charge in [-0.3, -0.25) is 0 Å². The lowest BCUT2D eigenvalue weighted by Gasteiger charge is -2.22. The maximum absolute atomic E-state index is 10.6. The van der Waals surface area contributed by atoms with Crippen molar-refractivity contribution in [3.63, 3.8) is 0 Å². The Morgan fingerprint density at radius 1 is 1.79 bits per heavy atom. The number of rotatable bonds is 4. The summed E-state index contributed by atoms with van der Waals surface area (Å²) in [6.45, 7) is 3.71. The Bertz CT molecular complexity index is 327. The van der Waals surface area contributed by atoms with Gasteiger partial charge in [0.05, 0.1) is 0 Å². The van der Waals surface area contributed by atoms with Crippen LogP contribution < -0.4 is 0 Å². The van der Waals surface area contributed by atoms with Crippen LogP contribution in [0.5, 0.6) is 0 Å². The van der Waals surface area contributed by atoms with Crippen molar-refractivity contribution in [3.8, 4) is 0 Å². The van der Waals surface area contributed by atoms with E-state index in [0.29, 0.717) is 12.3 Å². The Labute approximate surface area is 81.7 Å². The van der Waals surface area contributed by atoms with Crippen LogP contribution in [0.4, 0.5) is 0 Å². The van der Waals surface area contributed by atoms with Crippen LogP contribution in [0.3, 0.4) is 0 Å². The highest BCUT2D eigenvalue weighted by atomic mass is 16.5. The quantitative estimate of drug-likeness (QED) is 0.798. The van der Waals surface area contributed by atoms with E-state index < -0.39 is 11.6 Å². The molecule has 0 radical (unpaired) electrons. The summed E-state index contributed by atoms with van der Waals surface area (Å²) in [5, 5.41) is 8.65. The lowest BCUT2D eigenvalue weighted by atomic mass is 10.0. The predicted octanol–water partition coefficient (Wildman–Crippen LogP) is 1.64. The summed E-state index contributed by atoms with van der Waals surface area (Å²) < 4.78 is 10.3. The van der Waals surface area contributed by atoms with E-state index >= 15 is 0 Å². The van der Waals surface area contributed by atoms with E-state index in [1.54, 1.807) is 6.92 Å². The van der Waals surface area contributed by atoms with Gasteiger partial charge in [0, 0.05) is 7.11 Å². The average Bonchev–Trinajstić information content (AvgIpc) is 2.66. The molecule has 0 aliphatic carbocycles. The van der Waals surface area contributed by atoms with Crippen LogP contribution in [0.1, 0.15) is 36.6 Å². The maximum Gasteiger partial charge on any atom is 0.357 e. The summed E-state index contributed by atoms with van der Waals surface area (Å²) in [6, 6.07) is 0. The van der Waals surface area contributed by atoms with Crippen molar-refractivity contribution in [1.82, 2.24) is 4.98 Å². The molecule has 5 heteroatoms. The van der Waals surface area contributed by atoms with Crippen molar-refractivity contribution < 1.29 is 19.1 Å². The number of oxazole rings is 1. The van der Waals surface area contributed by atoms with Crippen LogP contribution in [-0.4, -0.2) is 23.2 Å². The molecule has 14 heavy (non-hydrogen) atoms. The standard InChI is InChI=1S/C9H13NO4/c1-4-9(2,13-3)8-10-6(5-14-8)7(11)12/h5H,4H2,1-3H3,(H,11,12). The third kappa shape index (κ3) is 1.77. The number of nitrogens with zero attached hydrogens (tertiary/aromatic N) is 1. The van der Waals surface area contributed by atoms with E-state index in [2.05, 4.69) is 4.98 Å². The minimum atomic E-state index is -1.10. The van der Waals surface area contributed by atoms with E-state index in [-0.39, 0.29) is 5.69 Å². The van der Waals surface area contributed by atoms with Gasteiger partial charge < -0.3 is 14.3 Å². The average molecular weight is 199 g/mol. The molecular formula is C9H13NO4. The summed E-state index contributed by atoms with van der Waals surface area (Å²) in [6.07, 6.45) is 1.77. The maximum atomic E-state index is 10.6. The van der Waals surface area contributed by atoms with Crippen LogP contribution >= 0.6 is 0 Å². The van der Waals surface area contributed by atoms with E-state index in [0.717, 1.165) is 6.26 Å². The Kier molecular flexibility index (Phi) is 2.90. The minimum Gasteiger partial charge on any atom is -0.476 e. The molecule has 0 aliphatic heterocycles. The first-order valence-corrected chi connectivity index (χ1v) is 4.28. The van der Waals surface area contributed by atoms with Gasteiger partial charge >= 0.3 is 5.97 Å². The highest BCUT2D eigenvalue weighted by molar-refractivity contribution is 5.84. The summed E-state index contributed by atoms with van der Waals surface area (Å²) in [5.41, 5.74) is -0.759. The Morgan fingerprint density at radius 2 is 2.43 bits per heavy atom. The second kappa shape index (κ2) is 3.79. The number of hydrogen-bond acceptors (Lipinski definition) is 4. The number of carboxylic acid groups (broad SMARTS) is 1. The lowest BCUT2D eigenvalue weighted by Crippen LogP contribution is -2.23. The van der Waals surface area contributed by atoms with Crippen molar-refractivity contribution in [2.24, 2.45) is 0 Å². The number of hydrogen-bond donors (Lipinski definition) is 1. The number of carbonyl (C=O) groups is 1. The van der Waals surface area contributed by atoms with Crippen LogP contribution in [0.25, 0.3) is 0 Å². The Hall–Kier alpha value is -1.36. The molecule has 0 aromatic carbocycles. The van der Waals surface area contributed by atoms with Crippen LogP contribution in [0.2, 0.25) is 0 Å². The number of methoxy groups -OCH3 is 1. The zero-order valence-corrected chi connectivity index (χ0v) is 8.40. The van der Waals surface area contributed by atoms with Gasteiger partial charge in [0.25, 0.3) is 0 Å². The molecule has 78 valence electrons. The molecule has 1 rings (SSSR count). The third-order valence-electron chi connectivity index (χ3n) is 2.30. The van der Waals surface area contributed by atoms with Crippen LogP contribution in [-0.2, 0) is 10.3 Å². The van der Waals surface area contributed by atoms with Crippen molar-refractivity contribution in [3.05, 3.63) is 17.8 Å². The molecule has 0 fully saturated rings. The van der Waals surface area contributed by atoms with Gasteiger partial charge in [-0.25, -0.2) is 9.78 Å². The van der Waals surface area contributed by atoms with Gasteiger partial charge in [-0.2, -0.15) is 0 Å². The van der Waals surface area contributed by atoms with Crippen LogP contribution in [0, 0.1) is 0 Å². The fraction of sp³-hybridized carbons (Fsp3) is 0.556.